The molecule has 0 aromatic carbocycles. The van der Waals surface area contributed by atoms with E-state index in [1.165, 1.54) is 0 Å². The molecule has 0 fully saturated rings. The molecule has 3 nitrogen and oxygen atoms in total. The zero-order valence-corrected chi connectivity index (χ0v) is 9.19. The number of rotatable bonds is 8. The Balaban J connectivity index is 3.24. The second kappa shape index (κ2) is 9.85. The molecule has 1 N–H and O–H groups in total. The third-order valence-electron chi connectivity index (χ3n) is 1.59. The van der Waals surface area contributed by atoms with Crippen LogP contribution in [0.25, 0.3) is 0 Å². The van der Waals surface area contributed by atoms with Crippen molar-refractivity contribution in [2.24, 2.45) is 0 Å². The van der Waals surface area contributed by atoms with Gasteiger partial charge in [0.1, 0.15) is 0 Å². The highest BCUT2D eigenvalue weighted by Crippen LogP contribution is 2.04. The van der Waals surface area contributed by atoms with E-state index >= 15 is 0 Å². The molecule has 4 heteroatoms. The lowest BCUT2D eigenvalue weighted by Crippen LogP contribution is -2.27. The first-order chi connectivity index (χ1) is 6.35. The molecule has 76 valence electrons. The Bertz CT molecular complexity index is 147. The maximum atomic E-state index is 8.71. The summed E-state index contributed by atoms with van der Waals surface area (Å²) in [5.74, 6) is 2.04. The number of nitrogens with one attached hydrogen (secondary N) is 1. The highest BCUT2D eigenvalue weighted by Gasteiger charge is 2.03. The lowest BCUT2D eigenvalue weighted by atomic mass is 10.2. The molecule has 0 amide bonds. The molecule has 0 spiro atoms. The highest BCUT2D eigenvalue weighted by molar-refractivity contribution is 7.99. The Kier molecular flexibility index (Phi) is 9.66. The van der Waals surface area contributed by atoms with E-state index in [0.717, 1.165) is 31.1 Å². The van der Waals surface area contributed by atoms with Crippen LogP contribution in [0.15, 0.2) is 0 Å². The van der Waals surface area contributed by atoms with Crippen molar-refractivity contribution in [2.45, 2.75) is 19.4 Å². The van der Waals surface area contributed by atoms with Crippen molar-refractivity contribution >= 4 is 11.8 Å². The summed E-state index contributed by atoms with van der Waals surface area (Å²) in [4.78, 5) is 0. The minimum Gasteiger partial charge on any atom is -0.384 e. The molecule has 1 atom stereocenters. The van der Waals surface area contributed by atoms with E-state index in [1.54, 1.807) is 7.11 Å². The highest BCUT2D eigenvalue weighted by atomic mass is 32.2. The first-order valence-electron chi connectivity index (χ1n) is 4.54. The topological polar surface area (TPSA) is 45.0 Å². The quantitative estimate of drug-likeness (QED) is 0.602. The fourth-order valence-electron chi connectivity index (χ4n) is 0.904. The van der Waals surface area contributed by atoms with Gasteiger partial charge in [-0.3, -0.25) is 0 Å². The summed E-state index contributed by atoms with van der Waals surface area (Å²) >= 11 is 1.83. The van der Waals surface area contributed by atoms with Crippen LogP contribution in [0.5, 0.6) is 0 Å². The van der Waals surface area contributed by atoms with Gasteiger partial charge in [-0.1, -0.05) is 6.92 Å². The zero-order chi connectivity index (χ0) is 9.94. The van der Waals surface area contributed by atoms with Crippen molar-refractivity contribution in [3.8, 4) is 6.07 Å². The van der Waals surface area contributed by atoms with E-state index in [1.807, 2.05) is 18.7 Å². The van der Waals surface area contributed by atoms with E-state index < -0.39 is 0 Å². The van der Waals surface area contributed by atoms with Crippen LogP contribution in [-0.2, 0) is 4.74 Å². The van der Waals surface area contributed by atoms with Crippen molar-refractivity contribution in [1.82, 2.24) is 5.32 Å². The van der Waals surface area contributed by atoms with Gasteiger partial charge in [-0.05, 0) is 18.7 Å². The average molecular weight is 202 g/mol. The summed E-state index contributed by atoms with van der Waals surface area (Å²) in [6.07, 6.45) is 0.915. The molecule has 0 aliphatic carbocycles. The summed E-state index contributed by atoms with van der Waals surface area (Å²) in [5, 5.41) is 11.8. The largest absolute Gasteiger partial charge is 0.384 e. The summed E-state index contributed by atoms with van der Waals surface area (Å²) in [6.45, 7) is 3.67. The summed E-state index contributed by atoms with van der Waals surface area (Å²) < 4.78 is 4.92. The van der Waals surface area contributed by atoms with E-state index in [2.05, 4.69) is 11.4 Å². The fourth-order valence-corrected chi connectivity index (χ4v) is 1.80. The van der Waals surface area contributed by atoms with Gasteiger partial charge in [0, 0.05) is 12.9 Å². The number of ether oxygens (including phenoxy) is 1. The molecule has 0 saturated heterocycles. The second-order valence-corrected chi connectivity index (χ2v) is 3.86. The van der Waals surface area contributed by atoms with Crippen LogP contribution in [0.3, 0.4) is 0 Å². The molecule has 0 bridgehead atoms. The number of hydrogen-bond acceptors (Lipinski definition) is 4. The Morgan fingerprint density at radius 1 is 1.54 bits per heavy atom. The Morgan fingerprint density at radius 3 is 2.85 bits per heavy atom. The molecule has 1 unspecified atom stereocenters. The molecular formula is C9H18N2OS. The molecule has 0 aliphatic rings. The lowest BCUT2D eigenvalue weighted by Gasteiger charge is -2.08. The second-order valence-electron chi connectivity index (χ2n) is 2.63. The van der Waals surface area contributed by atoms with Crippen LogP contribution >= 0.6 is 11.8 Å². The van der Waals surface area contributed by atoms with Crippen LogP contribution in [-0.4, -0.2) is 37.8 Å². The third-order valence-corrected chi connectivity index (χ3v) is 2.57. The van der Waals surface area contributed by atoms with Gasteiger partial charge in [0.25, 0.3) is 0 Å². The number of nitriles is 1. The van der Waals surface area contributed by atoms with Crippen LogP contribution in [0.4, 0.5) is 0 Å². The molecule has 13 heavy (non-hydrogen) atoms. The fraction of sp³-hybridized carbons (Fsp3) is 0.889. The van der Waals surface area contributed by atoms with E-state index in [0.29, 0.717) is 0 Å². The molecule has 0 aliphatic heterocycles. The molecular weight excluding hydrogens is 184 g/mol. The van der Waals surface area contributed by atoms with Gasteiger partial charge in [-0.15, -0.1) is 0 Å². The van der Waals surface area contributed by atoms with Gasteiger partial charge in [0.15, 0.2) is 0 Å². The SMILES string of the molecule is CCNC(C#N)CCSCCOC. The minimum atomic E-state index is 0.0139. The van der Waals surface area contributed by atoms with Gasteiger partial charge in [-0.25, -0.2) is 0 Å². The van der Waals surface area contributed by atoms with Crippen LogP contribution < -0.4 is 5.32 Å². The Hall–Kier alpha value is -0.240. The van der Waals surface area contributed by atoms with Gasteiger partial charge >= 0.3 is 0 Å². The molecule has 0 heterocycles. The summed E-state index contributed by atoms with van der Waals surface area (Å²) in [7, 11) is 1.71. The standard InChI is InChI=1S/C9H18N2OS/c1-3-11-9(8-10)4-6-13-7-5-12-2/h9,11H,3-7H2,1-2H3. The van der Waals surface area contributed by atoms with Gasteiger partial charge in [-0.2, -0.15) is 17.0 Å². The summed E-state index contributed by atoms with van der Waals surface area (Å²) in [6, 6.07) is 2.25. The molecule has 0 rings (SSSR count). The first-order valence-corrected chi connectivity index (χ1v) is 5.70. The van der Waals surface area contributed by atoms with Crippen molar-refractivity contribution in [1.29, 1.82) is 5.26 Å². The third kappa shape index (κ3) is 8.10. The molecule has 0 radical (unpaired) electrons. The van der Waals surface area contributed by atoms with Crippen LogP contribution in [0.2, 0.25) is 0 Å². The number of nitrogens with zero attached hydrogens (tertiary/aromatic N) is 1. The van der Waals surface area contributed by atoms with Gasteiger partial charge < -0.3 is 10.1 Å². The van der Waals surface area contributed by atoms with Crippen molar-refractivity contribution in [3.63, 3.8) is 0 Å². The monoisotopic (exact) mass is 202 g/mol. The Labute approximate surface area is 84.8 Å². The van der Waals surface area contributed by atoms with Crippen molar-refractivity contribution in [3.05, 3.63) is 0 Å². The van der Waals surface area contributed by atoms with Crippen molar-refractivity contribution < 1.29 is 4.74 Å². The van der Waals surface area contributed by atoms with E-state index in [4.69, 9.17) is 10.00 Å². The molecule has 0 aromatic rings. The number of thioether (sulfide) groups is 1. The minimum absolute atomic E-state index is 0.0139. The number of hydrogen-bond donors (Lipinski definition) is 1. The molecule has 0 saturated carbocycles. The summed E-state index contributed by atoms with van der Waals surface area (Å²) in [5.41, 5.74) is 0. The zero-order valence-electron chi connectivity index (χ0n) is 8.38. The maximum absolute atomic E-state index is 8.71. The van der Waals surface area contributed by atoms with Gasteiger partial charge in [0.05, 0.1) is 18.7 Å². The Morgan fingerprint density at radius 2 is 2.31 bits per heavy atom. The normalized spacial score (nSPS) is 12.4. The number of methoxy groups -OCH3 is 1. The van der Waals surface area contributed by atoms with Gasteiger partial charge in [0.2, 0.25) is 0 Å². The first kappa shape index (κ1) is 12.8. The predicted octanol–water partition coefficient (Wildman–Crippen LogP) is 1.26. The van der Waals surface area contributed by atoms with E-state index in [-0.39, 0.29) is 6.04 Å². The van der Waals surface area contributed by atoms with Crippen LogP contribution in [0.1, 0.15) is 13.3 Å². The van der Waals surface area contributed by atoms with Crippen LogP contribution in [0, 0.1) is 11.3 Å². The van der Waals surface area contributed by atoms with E-state index in [9.17, 15) is 0 Å². The predicted molar refractivity (Wildman–Crippen MR) is 56.9 cm³/mol. The lowest BCUT2D eigenvalue weighted by molar-refractivity contribution is 0.218. The smallest absolute Gasteiger partial charge is 0.0960 e. The molecule has 0 aromatic heterocycles. The maximum Gasteiger partial charge on any atom is 0.0960 e. The average Bonchev–Trinajstić information content (AvgIpc) is 2.16. The van der Waals surface area contributed by atoms with Crippen molar-refractivity contribution in [2.75, 3.05) is 31.8 Å².